The highest BCUT2D eigenvalue weighted by Crippen LogP contribution is 2.49. The average molecular weight is 475 g/mol. The van der Waals surface area contributed by atoms with Gasteiger partial charge in [0.05, 0.1) is 12.1 Å². The lowest BCUT2D eigenvalue weighted by Crippen LogP contribution is -2.56. The van der Waals surface area contributed by atoms with E-state index in [1.54, 1.807) is 24.1 Å². The summed E-state index contributed by atoms with van der Waals surface area (Å²) in [4.78, 5) is 33.7. The lowest BCUT2D eigenvalue weighted by molar-refractivity contribution is -0.130. The van der Waals surface area contributed by atoms with Crippen LogP contribution >= 0.6 is 0 Å². The van der Waals surface area contributed by atoms with Gasteiger partial charge in [0.2, 0.25) is 5.91 Å². The Morgan fingerprint density at radius 2 is 1.88 bits per heavy atom. The summed E-state index contributed by atoms with van der Waals surface area (Å²) < 4.78 is 14.1. The Kier molecular flexibility index (Phi) is 7.20. The molecular weight excluding hydrogens is 435 g/mol. The standard InChI is InChI=1S/C26H39FN4O3/c1-28(2)26(21-8-5-9-22(27)16-21)12-10-25(11-13-26)19-30(18-23(33)29(3)14-15-32)24(34)31(25)17-20-6-4-7-20/h5,8-9,16,20,32H,4,6-7,10-15,17-19H2,1-3H3/t25-,26-. The monoisotopic (exact) mass is 474 g/mol. The molecule has 2 aliphatic carbocycles. The molecular formula is C26H39FN4O3. The van der Waals surface area contributed by atoms with Crippen LogP contribution in [0.4, 0.5) is 9.18 Å². The number of nitrogens with zero attached hydrogens (tertiary/aromatic N) is 4. The van der Waals surface area contributed by atoms with Crippen molar-refractivity contribution in [3.63, 3.8) is 0 Å². The van der Waals surface area contributed by atoms with Crippen LogP contribution in [-0.4, -0.2) is 96.1 Å². The SMILES string of the molecule is CN(CCO)C(=O)CN1C[C@]2(CC[C@@](c3cccc(F)c3)(N(C)C)CC2)N(CC2CCC2)C1=O. The van der Waals surface area contributed by atoms with E-state index in [4.69, 9.17) is 5.11 Å². The quantitative estimate of drug-likeness (QED) is 0.629. The van der Waals surface area contributed by atoms with Gasteiger partial charge in [-0.05, 0) is 76.2 Å². The topological polar surface area (TPSA) is 67.3 Å². The van der Waals surface area contributed by atoms with E-state index in [1.807, 2.05) is 6.07 Å². The molecule has 1 aromatic rings. The van der Waals surface area contributed by atoms with Crippen molar-refractivity contribution in [1.82, 2.24) is 19.6 Å². The van der Waals surface area contributed by atoms with Gasteiger partial charge in [0, 0.05) is 32.2 Å². The van der Waals surface area contributed by atoms with Crippen LogP contribution in [0.2, 0.25) is 0 Å². The largest absolute Gasteiger partial charge is 0.395 e. The summed E-state index contributed by atoms with van der Waals surface area (Å²) in [6.45, 7) is 1.51. The summed E-state index contributed by atoms with van der Waals surface area (Å²) >= 11 is 0. The van der Waals surface area contributed by atoms with Gasteiger partial charge in [-0.1, -0.05) is 18.6 Å². The molecule has 1 saturated heterocycles. The molecule has 1 spiro atoms. The third-order valence-corrected chi connectivity index (χ3v) is 8.64. The molecule has 1 aliphatic heterocycles. The first-order valence-electron chi connectivity index (χ1n) is 12.6. The van der Waals surface area contributed by atoms with Gasteiger partial charge in [0.25, 0.3) is 0 Å². The van der Waals surface area contributed by atoms with E-state index >= 15 is 0 Å². The number of rotatable bonds is 8. The number of amides is 3. The van der Waals surface area contributed by atoms with Gasteiger partial charge in [0.1, 0.15) is 12.4 Å². The molecule has 0 unspecified atom stereocenters. The molecule has 1 aromatic carbocycles. The Morgan fingerprint density at radius 1 is 1.18 bits per heavy atom. The Bertz CT molecular complexity index is 896. The van der Waals surface area contributed by atoms with Gasteiger partial charge in [-0.2, -0.15) is 0 Å². The van der Waals surface area contributed by atoms with E-state index < -0.39 is 0 Å². The van der Waals surface area contributed by atoms with Gasteiger partial charge >= 0.3 is 6.03 Å². The zero-order chi connectivity index (χ0) is 24.5. The normalized spacial score (nSPS) is 27.5. The highest BCUT2D eigenvalue weighted by atomic mass is 19.1. The third kappa shape index (κ3) is 4.54. The fraction of sp³-hybridized carbons (Fsp3) is 0.692. The molecule has 3 fully saturated rings. The van der Waals surface area contributed by atoms with E-state index in [0.29, 0.717) is 12.5 Å². The molecule has 3 amide bonds. The smallest absolute Gasteiger partial charge is 0.321 e. The van der Waals surface area contributed by atoms with Gasteiger partial charge < -0.3 is 19.8 Å². The van der Waals surface area contributed by atoms with Crippen LogP contribution < -0.4 is 0 Å². The fourth-order valence-electron chi connectivity index (χ4n) is 6.10. The number of likely N-dealkylation sites (N-methyl/N-ethyl adjacent to an activating group) is 1. The molecule has 34 heavy (non-hydrogen) atoms. The predicted molar refractivity (Wildman–Crippen MR) is 129 cm³/mol. The number of carbonyl (C=O) groups is 2. The third-order valence-electron chi connectivity index (χ3n) is 8.64. The number of carbonyl (C=O) groups excluding carboxylic acids is 2. The molecule has 0 aromatic heterocycles. The zero-order valence-electron chi connectivity index (χ0n) is 20.8. The lowest BCUT2D eigenvalue weighted by atomic mass is 9.68. The number of urea groups is 1. The predicted octanol–water partition coefficient (Wildman–Crippen LogP) is 2.88. The second-order valence-electron chi connectivity index (χ2n) is 10.7. The summed E-state index contributed by atoms with van der Waals surface area (Å²) in [6.07, 6.45) is 6.81. The second-order valence-corrected chi connectivity index (χ2v) is 10.7. The first kappa shape index (κ1) is 24.9. The lowest BCUT2D eigenvalue weighted by Gasteiger charge is -2.51. The number of hydrogen-bond donors (Lipinski definition) is 1. The van der Waals surface area contributed by atoms with Crippen molar-refractivity contribution >= 4 is 11.9 Å². The molecule has 0 radical (unpaired) electrons. The van der Waals surface area contributed by atoms with Crippen LogP contribution in [0.5, 0.6) is 0 Å². The van der Waals surface area contributed by atoms with Crippen LogP contribution in [0.3, 0.4) is 0 Å². The molecule has 3 aliphatic rings. The first-order valence-corrected chi connectivity index (χ1v) is 12.6. The molecule has 0 atom stereocenters. The molecule has 4 rings (SSSR count). The molecule has 1 N–H and O–H groups in total. The average Bonchev–Trinajstić information content (AvgIpc) is 3.01. The maximum Gasteiger partial charge on any atom is 0.321 e. The molecule has 188 valence electrons. The highest BCUT2D eigenvalue weighted by Gasteiger charge is 2.55. The molecule has 7 nitrogen and oxygen atoms in total. The first-order chi connectivity index (χ1) is 16.2. The van der Waals surface area contributed by atoms with Crippen LogP contribution in [0.1, 0.15) is 50.5 Å². The summed E-state index contributed by atoms with van der Waals surface area (Å²) in [5.74, 6) is 0.164. The molecule has 0 bridgehead atoms. The summed E-state index contributed by atoms with van der Waals surface area (Å²) in [7, 11) is 5.76. The zero-order valence-corrected chi connectivity index (χ0v) is 20.8. The molecule has 1 heterocycles. The van der Waals surface area contributed by atoms with Gasteiger partial charge in [0.15, 0.2) is 0 Å². The van der Waals surface area contributed by atoms with Crippen molar-refractivity contribution in [3.8, 4) is 0 Å². The van der Waals surface area contributed by atoms with Crippen molar-refractivity contribution in [2.24, 2.45) is 5.92 Å². The minimum absolute atomic E-state index is 0.0410. The number of hydrogen-bond acceptors (Lipinski definition) is 4. The van der Waals surface area contributed by atoms with Crippen molar-refractivity contribution < 1.29 is 19.1 Å². The summed E-state index contributed by atoms with van der Waals surface area (Å²) in [6, 6.07) is 6.87. The van der Waals surface area contributed by atoms with Crippen molar-refractivity contribution in [1.29, 1.82) is 0 Å². The summed E-state index contributed by atoms with van der Waals surface area (Å²) in [5, 5.41) is 9.17. The number of aliphatic hydroxyl groups is 1. The van der Waals surface area contributed by atoms with Gasteiger partial charge in [-0.15, -0.1) is 0 Å². The van der Waals surface area contributed by atoms with E-state index in [0.717, 1.165) is 50.6 Å². The van der Waals surface area contributed by atoms with Crippen molar-refractivity contribution in [2.45, 2.75) is 56.0 Å². The van der Waals surface area contributed by atoms with Gasteiger partial charge in [-0.3, -0.25) is 9.69 Å². The fourth-order valence-corrected chi connectivity index (χ4v) is 6.10. The van der Waals surface area contributed by atoms with Crippen LogP contribution in [0.25, 0.3) is 0 Å². The Labute approximate surface area is 202 Å². The maximum atomic E-state index is 14.1. The van der Waals surface area contributed by atoms with Crippen LogP contribution in [0.15, 0.2) is 24.3 Å². The Hall–Kier alpha value is -2.19. The number of benzene rings is 1. The molecule has 8 heteroatoms. The minimum atomic E-state index is -0.296. The maximum absolute atomic E-state index is 14.1. The van der Waals surface area contributed by atoms with Gasteiger partial charge in [-0.25, -0.2) is 9.18 Å². The molecule has 2 saturated carbocycles. The summed E-state index contributed by atoms with van der Waals surface area (Å²) in [5.41, 5.74) is 0.415. The minimum Gasteiger partial charge on any atom is -0.395 e. The Morgan fingerprint density at radius 3 is 2.44 bits per heavy atom. The second kappa shape index (κ2) is 9.82. The van der Waals surface area contributed by atoms with Crippen molar-refractivity contribution in [2.75, 3.05) is 53.9 Å². The van der Waals surface area contributed by atoms with E-state index in [1.165, 1.54) is 17.4 Å². The highest BCUT2D eigenvalue weighted by molar-refractivity contribution is 5.86. The van der Waals surface area contributed by atoms with E-state index in [9.17, 15) is 14.0 Å². The van der Waals surface area contributed by atoms with Crippen LogP contribution in [0, 0.1) is 11.7 Å². The Balaban J connectivity index is 1.56. The van der Waals surface area contributed by atoms with E-state index in [2.05, 4.69) is 23.9 Å². The van der Waals surface area contributed by atoms with E-state index in [-0.39, 0.29) is 48.5 Å². The number of aliphatic hydroxyl groups excluding tert-OH is 1. The number of halogens is 1. The van der Waals surface area contributed by atoms with Crippen molar-refractivity contribution in [3.05, 3.63) is 35.6 Å². The van der Waals surface area contributed by atoms with Crippen LogP contribution in [-0.2, 0) is 10.3 Å².